The quantitative estimate of drug-likeness (QED) is 0.504. The van der Waals surface area contributed by atoms with E-state index in [1.54, 1.807) is 12.1 Å². The van der Waals surface area contributed by atoms with Crippen LogP contribution in [-0.4, -0.2) is 38.7 Å². The van der Waals surface area contributed by atoms with E-state index in [1.807, 2.05) is 59.0 Å². The number of ether oxygens (including phenoxy) is 1. The Hall–Kier alpha value is -2.51. The molecule has 0 spiro atoms. The highest BCUT2D eigenvalue weighted by Gasteiger charge is 2.30. The molecule has 1 unspecified atom stereocenters. The predicted octanol–water partition coefficient (Wildman–Crippen LogP) is 4.50. The topological polar surface area (TPSA) is 60.2 Å². The summed E-state index contributed by atoms with van der Waals surface area (Å²) in [5.41, 5.74) is 0.973. The molecule has 0 bridgehead atoms. The zero-order chi connectivity index (χ0) is 20.9. The third-order valence-electron chi connectivity index (χ3n) is 5.07. The largest absolute Gasteiger partial charge is 0.486 e. The molecule has 0 radical (unpaired) electrons. The van der Waals surface area contributed by atoms with E-state index in [-0.39, 0.29) is 17.8 Å². The third-order valence-corrected chi connectivity index (χ3v) is 6.60. The summed E-state index contributed by atoms with van der Waals surface area (Å²) in [6.45, 7) is 1.92. The average Bonchev–Trinajstić information content (AvgIpc) is 3.43. The van der Waals surface area contributed by atoms with E-state index in [4.69, 9.17) is 16.3 Å². The van der Waals surface area contributed by atoms with Gasteiger partial charge in [0.15, 0.2) is 11.0 Å². The molecule has 1 amide bonds. The molecule has 1 saturated heterocycles. The molecule has 2 aromatic carbocycles. The van der Waals surface area contributed by atoms with Gasteiger partial charge in [0.2, 0.25) is 5.91 Å². The minimum Gasteiger partial charge on any atom is -0.486 e. The van der Waals surface area contributed by atoms with Crippen LogP contribution < -0.4 is 4.74 Å². The van der Waals surface area contributed by atoms with Crippen LogP contribution in [0.4, 0.5) is 0 Å². The summed E-state index contributed by atoms with van der Waals surface area (Å²) in [5, 5.41) is 9.59. The van der Waals surface area contributed by atoms with Crippen molar-refractivity contribution in [2.45, 2.75) is 29.9 Å². The molecule has 156 valence electrons. The molecule has 30 heavy (non-hydrogen) atoms. The van der Waals surface area contributed by atoms with Gasteiger partial charge in [-0.2, -0.15) is 0 Å². The van der Waals surface area contributed by atoms with E-state index in [0.717, 1.165) is 31.5 Å². The lowest BCUT2D eigenvalue weighted by Gasteiger charge is -2.22. The van der Waals surface area contributed by atoms with Gasteiger partial charge in [-0.05, 0) is 42.7 Å². The molecule has 4 rings (SSSR count). The number of nitrogens with zero attached hydrogens (tertiary/aromatic N) is 4. The van der Waals surface area contributed by atoms with Gasteiger partial charge in [0, 0.05) is 25.2 Å². The molecule has 1 aromatic heterocycles. The van der Waals surface area contributed by atoms with E-state index in [1.165, 1.54) is 11.8 Å². The molecular formula is C22H23ClN4O2S. The Morgan fingerprint density at radius 3 is 2.50 bits per heavy atom. The third kappa shape index (κ3) is 4.79. The maximum absolute atomic E-state index is 13.2. The molecule has 8 heteroatoms. The number of hydrogen-bond acceptors (Lipinski definition) is 5. The van der Waals surface area contributed by atoms with Crippen molar-refractivity contribution in [2.24, 2.45) is 7.05 Å². The van der Waals surface area contributed by atoms with Crippen LogP contribution in [0, 0.1) is 0 Å². The van der Waals surface area contributed by atoms with Gasteiger partial charge in [-0.3, -0.25) is 4.79 Å². The second-order valence-corrected chi connectivity index (χ2v) is 8.65. The first-order valence-corrected chi connectivity index (χ1v) is 11.1. The highest BCUT2D eigenvalue weighted by molar-refractivity contribution is 8.00. The Bertz CT molecular complexity index is 988. The van der Waals surface area contributed by atoms with Crippen LogP contribution in [-0.2, 0) is 18.4 Å². The summed E-state index contributed by atoms with van der Waals surface area (Å²) in [6, 6.07) is 17.1. The summed E-state index contributed by atoms with van der Waals surface area (Å²) in [4.78, 5) is 15.2. The number of likely N-dealkylation sites (tertiary alicyclic amines) is 1. The molecular weight excluding hydrogens is 420 g/mol. The summed E-state index contributed by atoms with van der Waals surface area (Å²) in [5.74, 6) is 1.53. The van der Waals surface area contributed by atoms with E-state index < -0.39 is 0 Å². The van der Waals surface area contributed by atoms with Gasteiger partial charge in [0.1, 0.15) is 17.6 Å². The van der Waals surface area contributed by atoms with Gasteiger partial charge < -0.3 is 14.2 Å². The van der Waals surface area contributed by atoms with E-state index in [0.29, 0.717) is 21.8 Å². The fraction of sp³-hybridized carbons (Fsp3) is 0.318. The van der Waals surface area contributed by atoms with Crippen molar-refractivity contribution in [3.63, 3.8) is 0 Å². The van der Waals surface area contributed by atoms with Crippen molar-refractivity contribution >= 4 is 29.3 Å². The van der Waals surface area contributed by atoms with Gasteiger partial charge in [-0.25, -0.2) is 0 Å². The van der Waals surface area contributed by atoms with E-state index >= 15 is 0 Å². The first-order chi connectivity index (χ1) is 14.6. The van der Waals surface area contributed by atoms with Crippen LogP contribution in [0.1, 0.15) is 29.5 Å². The lowest BCUT2D eigenvalue weighted by Crippen LogP contribution is -2.31. The number of carbonyl (C=O) groups is 1. The van der Waals surface area contributed by atoms with Crippen molar-refractivity contribution in [1.82, 2.24) is 19.7 Å². The summed E-state index contributed by atoms with van der Waals surface area (Å²) in [6.07, 6.45) is 2.13. The number of thioether (sulfide) groups is 1. The van der Waals surface area contributed by atoms with Gasteiger partial charge in [-0.1, -0.05) is 53.7 Å². The molecule has 0 aliphatic carbocycles. The summed E-state index contributed by atoms with van der Waals surface area (Å²) >= 11 is 7.35. The Kier molecular flexibility index (Phi) is 6.59. The van der Waals surface area contributed by atoms with Gasteiger partial charge in [-0.15, -0.1) is 10.2 Å². The SMILES string of the molecule is Cn1c(COc2ccc(Cl)cc2)nnc1SC(C(=O)N1CCCC1)c1ccccc1. The van der Waals surface area contributed by atoms with Crippen molar-refractivity contribution in [3.8, 4) is 5.75 Å². The Labute approximate surface area is 185 Å². The standard InChI is InChI=1S/C22H23ClN4O2S/c1-26-19(15-29-18-11-9-17(23)10-12-18)24-25-22(26)30-20(16-7-3-2-4-8-16)21(28)27-13-5-6-14-27/h2-4,7-12,20H,5-6,13-15H2,1H3. The van der Waals surface area contributed by atoms with Crippen molar-refractivity contribution < 1.29 is 9.53 Å². The van der Waals surface area contributed by atoms with Crippen LogP contribution in [0.2, 0.25) is 5.02 Å². The molecule has 1 fully saturated rings. The molecule has 1 aliphatic rings. The lowest BCUT2D eigenvalue weighted by molar-refractivity contribution is -0.129. The lowest BCUT2D eigenvalue weighted by atomic mass is 10.1. The zero-order valence-corrected chi connectivity index (χ0v) is 18.3. The highest BCUT2D eigenvalue weighted by Crippen LogP contribution is 2.36. The molecule has 1 aliphatic heterocycles. The summed E-state index contributed by atoms with van der Waals surface area (Å²) < 4.78 is 7.68. The maximum Gasteiger partial charge on any atom is 0.240 e. The Balaban J connectivity index is 1.50. The first-order valence-electron chi connectivity index (χ1n) is 9.89. The first kappa shape index (κ1) is 20.8. The van der Waals surface area contributed by atoms with Crippen molar-refractivity contribution in [1.29, 1.82) is 0 Å². The number of benzene rings is 2. The Morgan fingerprint density at radius 2 is 1.80 bits per heavy atom. The number of carbonyl (C=O) groups excluding carboxylic acids is 1. The van der Waals surface area contributed by atoms with E-state index in [2.05, 4.69) is 10.2 Å². The van der Waals surface area contributed by atoms with Gasteiger partial charge >= 0.3 is 0 Å². The second kappa shape index (κ2) is 9.53. The van der Waals surface area contributed by atoms with Crippen molar-refractivity contribution in [3.05, 3.63) is 71.0 Å². The second-order valence-electron chi connectivity index (χ2n) is 7.14. The number of aromatic nitrogens is 3. The van der Waals surface area contributed by atoms with Crippen LogP contribution in [0.5, 0.6) is 5.75 Å². The molecule has 0 saturated carbocycles. The molecule has 1 atom stereocenters. The van der Waals surface area contributed by atoms with Crippen LogP contribution in [0.25, 0.3) is 0 Å². The smallest absolute Gasteiger partial charge is 0.240 e. The maximum atomic E-state index is 13.2. The van der Waals surface area contributed by atoms with Crippen LogP contribution >= 0.6 is 23.4 Å². The van der Waals surface area contributed by atoms with Gasteiger partial charge in [0.05, 0.1) is 0 Å². The molecule has 2 heterocycles. The van der Waals surface area contributed by atoms with E-state index in [9.17, 15) is 4.79 Å². The monoisotopic (exact) mass is 442 g/mol. The average molecular weight is 443 g/mol. The normalized spacial score (nSPS) is 14.7. The number of rotatable bonds is 7. The minimum atomic E-state index is -0.350. The van der Waals surface area contributed by atoms with Crippen LogP contribution in [0.3, 0.4) is 0 Å². The molecule has 0 N–H and O–H groups in total. The fourth-order valence-corrected chi connectivity index (χ4v) is 4.58. The summed E-state index contributed by atoms with van der Waals surface area (Å²) in [7, 11) is 1.89. The highest BCUT2D eigenvalue weighted by atomic mass is 35.5. The molecule has 6 nitrogen and oxygen atoms in total. The number of hydrogen-bond donors (Lipinski definition) is 0. The minimum absolute atomic E-state index is 0.130. The number of amides is 1. The molecule has 3 aromatic rings. The van der Waals surface area contributed by atoms with Gasteiger partial charge in [0.25, 0.3) is 0 Å². The Morgan fingerprint density at radius 1 is 1.10 bits per heavy atom. The fourth-order valence-electron chi connectivity index (χ4n) is 3.35. The predicted molar refractivity (Wildman–Crippen MR) is 118 cm³/mol. The number of halogens is 1. The zero-order valence-electron chi connectivity index (χ0n) is 16.7. The van der Waals surface area contributed by atoms with Crippen molar-refractivity contribution in [2.75, 3.05) is 13.1 Å². The van der Waals surface area contributed by atoms with Crippen LogP contribution in [0.15, 0.2) is 59.8 Å².